The molecule has 1 aliphatic heterocycles. The monoisotopic (exact) mass is 374 g/mol. The summed E-state index contributed by atoms with van der Waals surface area (Å²) in [6.07, 6.45) is 0. The first-order valence-corrected chi connectivity index (χ1v) is 8.91. The number of hydrogen-bond donors (Lipinski definition) is 0. The number of aliphatic imine (C=N–C) groups is 2. The Hall–Kier alpha value is -1.84. The van der Waals surface area contributed by atoms with Gasteiger partial charge in [0.1, 0.15) is 18.0 Å². The van der Waals surface area contributed by atoms with E-state index in [0.717, 1.165) is 5.56 Å². The molecule has 5 heteroatoms. The molecule has 3 rings (SSSR count). The van der Waals surface area contributed by atoms with Crippen LogP contribution in [-0.4, -0.2) is 24.3 Å². The standard InChI is InChI=1S/C20H20Cl2N2O/c1-20(2,3)16-12-25-19(23-16)17(13-8-5-4-6-9-13)24-18-14(21)10-7-11-15(18)22/h4-11,16H,12H2,1-3H3/t16-/m1/s1. The lowest BCUT2D eigenvalue weighted by molar-refractivity contribution is 0.237. The van der Waals surface area contributed by atoms with Crippen LogP contribution in [0.5, 0.6) is 0 Å². The van der Waals surface area contributed by atoms with Gasteiger partial charge in [-0.05, 0) is 17.5 Å². The van der Waals surface area contributed by atoms with Crippen LogP contribution >= 0.6 is 23.2 Å². The van der Waals surface area contributed by atoms with Crippen molar-refractivity contribution in [1.29, 1.82) is 0 Å². The van der Waals surface area contributed by atoms with Gasteiger partial charge in [-0.2, -0.15) is 0 Å². The van der Waals surface area contributed by atoms with Crippen LogP contribution in [0.2, 0.25) is 10.0 Å². The molecule has 0 N–H and O–H groups in total. The minimum atomic E-state index is 0.0194. The summed E-state index contributed by atoms with van der Waals surface area (Å²) in [4.78, 5) is 9.49. The molecule has 2 aromatic rings. The van der Waals surface area contributed by atoms with Crippen LogP contribution in [0, 0.1) is 5.41 Å². The fourth-order valence-electron chi connectivity index (χ4n) is 2.49. The molecule has 3 nitrogen and oxygen atoms in total. The summed E-state index contributed by atoms with van der Waals surface area (Å²) in [6.45, 7) is 6.99. The van der Waals surface area contributed by atoms with Crippen LogP contribution in [0.25, 0.3) is 0 Å². The van der Waals surface area contributed by atoms with Crippen molar-refractivity contribution in [2.24, 2.45) is 15.4 Å². The molecule has 0 saturated carbocycles. The number of ether oxygens (including phenoxy) is 1. The first-order valence-electron chi connectivity index (χ1n) is 8.15. The second-order valence-electron chi connectivity index (χ2n) is 7.02. The predicted molar refractivity (Wildman–Crippen MR) is 106 cm³/mol. The van der Waals surface area contributed by atoms with E-state index in [4.69, 9.17) is 37.9 Å². The molecule has 0 bridgehead atoms. The van der Waals surface area contributed by atoms with Crippen molar-refractivity contribution in [3.8, 4) is 0 Å². The Morgan fingerprint density at radius 2 is 1.68 bits per heavy atom. The topological polar surface area (TPSA) is 34.0 Å². The summed E-state index contributed by atoms with van der Waals surface area (Å²) in [6, 6.07) is 15.2. The van der Waals surface area contributed by atoms with Gasteiger partial charge in [-0.15, -0.1) is 0 Å². The van der Waals surface area contributed by atoms with Gasteiger partial charge in [0.2, 0.25) is 5.90 Å². The summed E-state index contributed by atoms with van der Waals surface area (Å²) in [5, 5.41) is 0.985. The number of para-hydroxylation sites is 1. The number of halogens is 2. The molecule has 1 heterocycles. The van der Waals surface area contributed by atoms with E-state index in [1.165, 1.54) is 0 Å². The van der Waals surface area contributed by atoms with E-state index in [9.17, 15) is 0 Å². The first-order chi connectivity index (χ1) is 11.9. The maximum absolute atomic E-state index is 6.30. The Labute approximate surface area is 158 Å². The van der Waals surface area contributed by atoms with Gasteiger partial charge in [-0.1, -0.05) is 80.4 Å². The Bertz CT molecular complexity index is 803. The van der Waals surface area contributed by atoms with Crippen LogP contribution in [0.1, 0.15) is 26.3 Å². The quantitative estimate of drug-likeness (QED) is 0.610. The van der Waals surface area contributed by atoms with Gasteiger partial charge in [0.05, 0.1) is 16.1 Å². The van der Waals surface area contributed by atoms with Crippen molar-refractivity contribution in [3.05, 3.63) is 64.1 Å². The zero-order valence-corrected chi connectivity index (χ0v) is 16.0. The fraction of sp³-hybridized carbons (Fsp3) is 0.300. The van der Waals surface area contributed by atoms with Crippen LogP contribution in [0.15, 0.2) is 58.5 Å². The largest absolute Gasteiger partial charge is 0.474 e. The minimum Gasteiger partial charge on any atom is -0.474 e. The van der Waals surface area contributed by atoms with Crippen molar-refractivity contribution in [1.82, 2.24) is 0 Å². The summed E-state index contributed by atoms with van der Waals surface area (Å²) < 4.78 is 5.89. The molecule has 0 amide bonds. The van der Waals surface area contributed by atoms with E-state index in [-0.39, 0.29) is 11.5 Å². The molecule has 0 aromatic heterocycles. The number of rotatable bonds is 3. The molecule has 1 aliphatic rings. The van der Waals surface area contributed by atoms with Gasteiger partial charge in [-0.25, -0.2) is 9.98 Å². The third-order valence-electron chi connectivity index (χ3n) is 4.06. The number of nitrogens with zero attached hydrogens (tertiary/aromatic N) is 2. The van der Waals surface area contributed by atoms with Crippen molar-refractivity contribution in [2.75, 3.05) is 6.61 Å². The van der Waals surface area contributed by atoms with Gasteiger partial charge >= 0.3 is 0 Å². The molecular formula is C20H20Cl2N2O. The lowest BCUT2D eigenvalue weighted by Crippen LogP contribution is -2.25. The molecule has 0 radical (unpaired) electrons. The van der Waals surface area contributed by atoms with Crippen LogP contribution in [0.3, 0.4) is 0 Å². The van der Waals surface area contributed by atoms with Gasteiger partial charge in [0, 0.05) is 5.56 Å². The maximum Gasteiger partial charge on any atom is 0.236 e. The van der Waals surface area contributed by atoms with E-state index in [1.807, 2.05) is 30.3 Å². The van der Waals surface area contributed by atoms with Crippen molar-refractivity contribution in [3.63, 3.8) is 0 Å². The maximum atomic E-state index is 6.30. The molecule has 1 atom stereocenters. The minimum absolute atomic E-state index is 0.0194. The van der Waals surface area contributed by atoms with E-state index in [0.29, 0.717) is 33.9 Å². The zero-order valence-electron chi connectivity index (χ0n) is 14.5. The van der Waals surface area contributed by atoms with Crippen LogP contribution in [0.4, 0.5) is 5.69 Å². The number of benzene rings is 2. The molecule has 0 spiro atoms. The fourth-order valence-corrected chi connectivity index (χ4v) is 2.97. The lowest BCUT2D eigenvalue weighted by Gasteiger charge is -2.21. The molecule has 0 aliphatic carbocycles. The first kappa shape index (κ1) is 18.0. The average Bonchev–Trinajstić information content (AvgIpc) is 3.05. The van der Waals surface area contributed by atoms with E-state index >= 15 is 0 Å². The third-order valence-corrected chi connectivity index (χ3v) is 4.67. The molecule has 2 aromatic carbocycles. The van der Waals surface area contributed by atoms with E-state index in [2.05, 4.69) is 20.8 Å². The van der Waals surface area contributed by atoms with Gasteiger partial charge in [0.25, 0.3) is 0 Å². The van der Waals surface area contributed by atoms with Gasteiger partial charge in [-0.3, -0.25) is 0 Å². The highest BCUT2D eigenvalue weighted by molar-refractivity contribution is 6.47. The SMILES string of the molecule is CC(C)(C)[C@H]1COC(C(=Nc2c(Cl)cccc2Cl)c2ccccc2)=N1. The molecule has 0 fully saturated rings. The molecule has 0 unspecified atom stereocenters. The zero-order chi connectivity index (χ0) is 18.0. The smallest absolute Gasteiger partial charge is 0.236 e. The summed E-state index contributed by atoms with van der Waals surface area (Å²) in [5.74, 6) is 0.530. The lowest BCUT2D eigenvalue weighted by atomic mass is 9.88. The van der Waals surface area contributed by atoms with Crippen molar-refractivity contribution >= 4 is 40.5 Å². The van der Waals surface area contributed by atoms with Gasteiger partial charge in [0.15, 0.2) is 0 Å². The third kappa shape index (κ3) is 4.05. The predicted octanol–water partition coefficient (Wildman–Crippen LogP) is 5.96. The summed E-state index contributed by atoms with van der Waals surface area (Å²) in [7, 11) is 0. The van der Waals surface area contributed by atoms with E-state index < -0.39 is 0 Å². The summed E-state index contributed by atoms with van der Waals surface area (Å²) >= 11 is 12.6. The van der Waals surface area contributed by atoms with Crippen molar-refractivity contribution < 1.29 is 4.74 Å². The second-order valence-corrected chi connectivity index (χ2v) is 7.84. The highest BCUT2D eigenvalue weighted by atomic mass is 35.5. The van der Waals surface area contributed by atoms with E-state index in [1.54, 1.807) is 18.2 Å². The normalized spacial score (nSPS) is 18.0. The highest BCUT2D eigenvalue weighted by Gasteiger charge is 2.32. The second kappa shape index (κ2) is 7.19. The average molecular weight is 375 g/mol. The molecule has 0 saturated heterocycles. The summed E-state index contributed by atoms with van der Waals surface area (Å²) in [5.41, 5.74) is 2.09. The molecular weight excluding hydrogens is 355 g/mol. The molecule has 25 heavy (non-hydrogen) atoms. The molecule has 130 valence electrons. The van der Waals surface area contributed by atoms with Gasteiger partial charge < -0.3 is 4.74 Å². The Morgan fingerprint density at radius 3 is 2.24 bits per heavy atom. The highest BCUT2D eigenvalue weighted by Crippen LogP contribution is 2.34. The number of hydrogen-bond acceptors (Lipinski definition) is 3. The Morgan fingerprint density at radius 1 is 1.04 bits per heavy atom. The van der Waals surface area contributed by atoms with Crippen LogP contribution in [-0.2, 0) is 4.74 Å². The van der Waals surface area contributed by atoms with Crippen molar-refractivity contribution in [2.45, 2.75) is 26.8 Å². The van der Waals surface area contributed by atoms with Crippen LogP contribution < -0.4 is 0 Å². The Kier molecular flexibility index (Phi) is 5.16. The Balaban J connectivity index is 2.11.